The lowest BCUT2D eigenvalue weighted by atomic mass is 9.93. The van der Waals surface area contributed by atoms with Crippen LogP contribution in [0.3, 0.4) is 0 Å². The van der Waals surface area contributed by atoms with Gasteiger partial charge in [0.25, 0.3) is 0 Å². The maximum Gasteiger partial charge on any atom is 0.0623 e. The number of hydrogen-bond donors (Lipinski definition) is 0. The van der Waals surface area contributed by atoms with E-state index in [1.165, 1.54) is 96.2 Å². The molecule has 3 aliphatic rings. The number of thiophene rings is 2. The van der Waals surface area contributed by atoms with Crippen LogP contribution in [0.5, 0.6) is 0 Å². The van der Waals surface area contributed by atoms with Crippen molar-refractivity contribution in [1.82, 2.24) is 0 Å². The second-order valence-corrected chi connectivity index (χ2v) is 16.5. The molecule has 0 bridgehead atoms. The van der Waals surface area contributed by atoms with E-state index in [-0.39, 0.29) is 6.04 Å². The summed E-state index contributed by atoms with van der Waals surface area (Å²) in [4.78, 5) is 4.98. The van der Waals surface area contributed by atoms with Crippen molar-refractivity contribution >= 4 is 120 Å². The van der Waals surface area contributed by atoms with Crippen LogP contribution in [0.2, 0.25) is 0 Å². The molecular formula is C50H32N2S2. The van der Waals surface area contributed by atoms with E-state index < -0.39 is 0 Å². The summed E-state index contributed by atoms with van der Waals surface area (Å²) in [5, 5.41) is 8.04. The number of rotatable bonds is 2. The van der Waals surface area contributed by atoms with Crippen LogP contribution in [0.15, 0.2) is 164 Å². The Labute approximate surface area is 321 Å². The second-order valence-electron chi connectivity index (χ2n) is 14.4. The molecule has 0 saturated carbocycles. The van der Waals surface area contributed by atoms with E-state index >= 15 is 0 Å². The van der Waals surface area contributed by atoms with Crippen molar-refractivity contribution in [3.05, 3.63) is 181 Å². The van der Waals surface area contributed by atoms with Gasteiger partial charge in [-0.1, -0.05) is 140 Å². The molecule has 12 rings (SSSR count). The molecule has 254 valence electrons. The Morgan fingerprint density at radius 3 is 1.59 bits per heavy atom. The Hall–Kier alpha value is -6.20. The number of hydrogen-bond acceptors (Lipinski definition) is 4. The summed E-state index contributed by atoms with van der Waals surface area (Å²) in [6.45, 7) is 0. The van der Waals surface area contributed by atoms with Gasteiger partial charge in [-0.25, -0.2) is 0 Å². The highest BCUT2D eigenvalue weighted by molar-refractivity contribution is 7.33. The maximum atomic E-state index is 2.55. The standard InChI is InChI=1S/C50H32N2S2/c1-7-17-41-31(11-1)21-22-32-12-2-8-18-42(32)51(41)35-25-27-39-45(29-35)53-49-47(39)37-15-5-6-16-38(37)48-40-28-26-36(30-46(40)54-50(48)49)52-43-19-9-3-13-33(43)23-24-34-14-4-10-20-44(34)52/h1-31,41H. The molecule has 2 aromatic heterocycles. The molecule has 2 atom stereocenters. The summed E-state index contributed by atoms with van der Waals surface area (Å²) in [5.74, 6) is 0.306. The van der Waals surface area contributed by atoms with Gasteiger partial charge in [-0.3, -0.25) is 0 Å². The van der Waals surface area contributed by atoms with E-state index in [2.05, 4.69) is 192 Å². The highest BCUT2D eigenvalue weighted by Crippen LogP contribution is 2.52. The van der Waals surface area contributed by atoms with Gasteiger partial charge in [0.15, 0.2) is 0 Å². The predicted molar refractivity (Wildman–Crippen MR) is 237 cm³/mol. The molecule has 54 heavy (non-hydrogen) atoms. The van der Waals surface area contributed by atoms with Crippen molar-refractivity contribution in [1.29, 1.82) is 0 Å². The number of para-hydroxylation sites is 3. The van der Waals surface area contributed by atoms with Gasteiger partial charge >= 0.3 is 0 Å². The zero-order valence-electron chi connectivity index (χ0n) is 29.2. The van der Waals surface area contributed by atoms with E-state index in [9.17, 15) is 0 Å². The second kappa shape index (κ2) is 11.6. The van der Waals surface area contributed by atoms with Crippen molar-refractivity contribution in [3.63, 3.8) is 0 Å². The predicted octanol–water partition coefficient (Wildman–Crippen LogP) is 14.8. The minimum atomic E-state index is 0.213. The molecule has 7 aromatic carbocycles. The van der Waals surface area contributed by atoms with Gasteiger partial charge in [0.1, 0.15) is 0 Å². The third kappa shape index (κ3) is 4.38. The third-order valence-corrected chi connectivity index (χ3v) is 14.0. The van der Waals surface area contributed by atoms with Crippen LogP contribution in [0, 0.1) is 5.92 Å². The van der Waals surface area contributed by atoms with Gasteiger partial charge in [0.05, 0.1) is 26.8 Å². The number of fused-ring (bicyclic) bond motifs is 14. The molecule has 0 spiro atoms. The zero-order chi connectivity index (χ0) is 35.3. The van der Waals surface area contributed by atoms with Gasteiger partial charge in [0, 0.05) is 53.9 Å². The van der Waals surface area contributed by atoms with E-state index in [1.807, 2.05) is 22.7 Å². The molecular weight excluding hydrogens is 693 g/mol. The number of benzene rings is 7. The Morgan fingerprint density at radius 1 is 0.426 bits per heavy atom. The highest BCUT2D eigenvalue weighted by Gasteiger charge is 2.29. The Bertz CT molecular complexity index is 3100. The van der Waals surface area contributed by atoms with Gasteiger partial charge in [-0.2, -0.15) is 0 Å². The molecule has 4 heterocycles. The molecule has 4 heteroatoms. The Morgan fingerprint density at radius 2 is 0.944 bits per heavy atom. The van der Waals surface area contributed by atoms with Gasteiger partial charge in [-0.05, 0) is 69.9 Å². The van der Waals surface area contributed by atoms with Gasteiger partial charge in [-0.15, -0.1) is 22.7 Å². The molecule has 2 nitrogen and oxygen atoms in total. The topological polar surface area (TPSA) is 6.48 Å². The van der Waals surface area contributed by atoms with Crippen molar-refractivity contribution in [3.8, 4) is 0 Å². The molecule has 2 aliphatic heterocycles. The fraction of sp³-hybridized carbons (Fsp3) is 0.0400. The average Bonchev–Trinajstić information content (AvgIpc) is 3.69. The summed E-state index contributed by atoms with van der Waals surface area (Å²) in [6, 6.07) is 49.8. The van der Waals surface area contributed by atoms with Crippen molar-refractivity contribution < 1.29 is 0 Å². The van der Waals surface area contributed by atoms with E-state index in [4.69, 9.17) is 0 Å². The first-order valence-electron chi connectivity index (χ1n) is 18.6. The molecule has 0 amide bonds. The number of allylic oxidation sites excluding steroid dienone is 2. The van der Waals surface area contributed by atoms with E-state index in [0.29, 0.717) is 5.92 Å². The number of anilines is 5. The summed E-state index contributed by atoms with van der Waals surface area (Å²) in [5.41, 5.74) is 9.74. The molecule has 9 aromatic rings. The van der Waals surface area contributed by atoms with Crippen molar-refractivity contribution in [2.45, 2.75) is 6.04 Å². The smallest absolute Gasteiger partial charge is 0.0623 e. The average molecular weight is 725 g/mol. The molecule has 2 unspecified atom stereocenters. The maximum absolute atomic E-state index is 2.55. The van der Waals surface area contributed by atoms with Crippen molar-refractivity contribution in [2.75, 3.05) is 9.80 Å². The lowest BCUT2D eigenvalue weighted by molar-refractivity contribution is 0.669. The first-order chi connectivity index (χ1) is 26.8. The summed E-state index contributed by atoms with van der Waals surface area (Å²) in [7, 11) is 0. The van der Waals surface area contributed by atoms with Gasteiger partial charge in [0.2, 0.25) is 0 Å². The van der Waals surface area contributed by atoms with Crippen LogP contribution in [0.4, 0.5) is 28.4 Å². The van der Waals surface area contributed by atoms with Crippen LogP contribution >= 0.6 is 22.7 Å². The summed E-state index contributed by atoms with van der Waals surface area (Å²) >= 11 is 3.89. The van der Waals surface area contributed by atoms with Crippen LogP contribution < -0.4 is 9.80 Å². The highest BCUT2D eigenvalue weighted by atomic mass is 32.1. The summed E-state index contributed by atoms with van der Waals surface area (Å²) < 4.78 is 5.39. The largest absolute Gasteiger partial charge is 0.333 e. The molecule has 0 radical (unpaired) electrons. The quantitative estimate of drug-likeness (QED) is 0.175. The lowest BCUT2D eigenvalue weighted by Gasteiger charge is -2.35. The van der Waals surface area contributed by atoms with Crippen LogP contribution in [0.25, 0.3) is 69.3 Å². The Kier molecular flexibility index (Phi) is 6.53. The van der Waals surface area contributed by atoms with Crippen LogP contribution in [-0.2, 0) is 0 Å². The van der Waals surface area contributed by atoms with Crippen LogP contribution in [0.1, 0.15) is 16.7 Å². The first kappa shape index (κ1) is 30.3. The van der Waals surface area contributed by atoms with E-state index in [0.717, 1.165) is 0 Å². The SMILES string of the molecule is C1=CC2C=Cc3ccccc3N(c3ccc4c(c3)sc3c5sc6cc(N7c8ccccc8C=Cc8ccccc87)ccc6c5c5ccccc5c43)C2C=C1. The monoisotopic (exact) mass is 724 g/mol. The summed E-state index contributed by atoms with van der Waals surface area (Å²) in [6.07, 6.45) is 18.2. The third-order valence-electron chi connectivity index (χ3n) is 11.5. The molecule has 0 fully saturated rings. The van der Waals surface area contributed by atoms with Gasteiger partial charge < -0.3 is 9.80 Å². The molecule has 0 N–H and O–H groups in total. The van der Waals surface area contributed by atoms with E-state index in [1.54, 1.807) is 0 Å². The Balaban J connectivity index is 1.08. The fourth-order valence-corrected chi connectivity index (χ4v) is 11.7. The minimum Gasteiger partial charge on any atom is -0.333 e. The molecule has 0 saturated heterocycles. The van der Waals surface area contributed by atoms with Crippen molar-refractivity contribution in [2.24, 2.45) is 5.92 Å². The zero-order valence-corrected chi connectivity index (χ0v) is 30.8. The first-order valence-corrected chi connectivity index (χ1v) is 20.2. The number of nitrogens with zero attached hydrogens (tertiary/aromatic N) is 2. The normalized spacial score (nSPS) is 17.3. The lowest BCUT2D eigenvalue weighted by Crippen LogP contribution is -2.35. The minimum absolute atomic E-state index is 0.213. The molecule has 1 aliphatic carbocycles. The van der Waals surface area contributed by atoms with Crippen LogP contribution in [-0.4, -0.2) is 6.04 Å². The fourth-order valence-electron chi connectivity index (χ4n) is 9.07.